The normalized spacial score (nSPS) is 10.4. The average Bonchev–Trinajstić information content (AvgIpc) is 2.53. The van der Waals surface area contributed by atoms with Crippen molar-refractivity contribution in [3.63, 3.8) is 0 Å². The standard InChI is InChI=1S/C18H17NO/c1-20-18-10-8-17(9-11-18)19-13-14-6-7-15-4-2-3-5-16(15)12-14/h2-12,19H,13H2,1H3. The highest BCUT2D eigenvalue weighted by Crippen LogP contribution is 2.18. The Bertz CT molecular complexity index is 704. The number of methoxy groups -OCH3 is 1. The maximum Gasteiger partial charge on any atom is 0.119 e. The first-order valence-corrected chi connectivity index (χ1v) is 6.71. The minimum atomic E-state index is 0.817. The number of anilines is 1. The number of nitrogens with one attached hydrogen (secondary N) is 1. The lowest BCUT2D eigenvalue weighted by Crippen LogP contribution is -1.99. The fourth-order valence-electron chi connectivity index (χ4n) is 2.26. The molecule has 0 fully saturated rings. The molecule has 100 valence electrons. The lowest BCUT2D eigenvalue weighted by molar-refractivity contribution is 0.415. The Kier molecular flexibility index (Phi) is 3.55. The molecule has 3 aromatic carbocycles. The van der Waals surface area contributed by atoms with Crippen molar-refractivity contribution in [1.29, 1.82) is 0 Å². The molecule has 0 aliphatic carbocycles. The third-order valence-electron chi connectivity index (χ3n) is 3.40. The molecule has 0 aliphatic rings. The molecule has 0 aliphatic heterocycles. The van der Waals surface area contributed by atoms with Gasteiger partial charge in [-0.1, -0.05) is 36.4 Å². The van der Waals surface area contributed by atoms with Crippen LogP contribution in [0.3, 0.4) is 0 Å². The molecule has 3 rings (SSSR count). The third-order valence-corrected chi connectivity index (χ3v) is 3.40. The summed E-state index contributed by atoms with van der Waals surface area (Å²) in [5.41, 5.74) is 2.37. The Morgan fingerprint density at radius 1 is 0.850 bits per heavy atom. The van der Waals surface area contributed by atoms with Gasteiger partial charge in [0.25, 0.3) is 0 Å². The van der Waals surface area contributed by atoms with Crippen LogP contribution in [0.25, 0.3) is 10.8 Å². The van der Waals surface area contributed by atoms with Gasteiger partial charge in [0.2, 0.25) is 0 Å². The van der Waals surface area contributed by atoms with Gasteiger partial charge in [-0.05, 0) is 46.7 Å². The van der Waals surface area contributed by atoms with E-state index in [-0.39, 0.29) is 0 Å². The highest BCUT2D eigenvalue weighted by Gasteiger charge is 1.97. The monoisotopic (exact) mass is 263 g/mol. The maximum atomic E-state index is 5.15. The number of hydrogen-bond acceptors (Lipinski definition) is 2. The number of fused-ring (bicyclic) bond motifs is 1. The van der Waals surface area contributed by atoms with Crippen molar-refractivity contribution in [3.05, 3.63) is 72.3 Å². The van der Waals surface area contributed by atoms with Gasteiger partial charge in [0.05, 0.1) is 7.11 Å². The number of rotatable bonds is 4. The molecule has 2 heteroatoms. The molecule has 0 radical (unpaired) electrons. The molecule has 0 saturated carbocycles. The van der Waals surface area contributed by atoms with Crippen LogP contribution in [0.1, 0.15) is 5.56 Å². The highest BCUT2D eigenvalue weighted by atomic mass is 16.5. The summed E-state index contributed by atoms with van der Waals surface area (Å²) in [5, 5.41) is 5.98. The second kappa shape index (κ2) is 5.66. The molecule has 0 spiro atoms. The van der Waals surface area contributed by atoms with Crippen molar-refractivity contribution in [2.75, 3.05) is 12.4 Å². The van der Waals surface area contributed by atoms with Crippen molar-refractivity contribution >= 4 is 16.5 Å². The summed E-state index contributed by atoms with van der Waals surface area (Å²) in [7, 11) is 1.68. The summed E-state index contributed by atoms with van der Waals surface area (Å²) in [6.45, 7) is 0.817. The maximum absolute atomic E-state index is 5.15. The first kappa shape index (κ1) is 12.5. The summed E-state index contributed by atoms with van der Waals surface area (Å²) in [6, 6.07) is 23.0. The molecule has 2 nitrogen and oxygen atoms in total. The van der Waals surface area contributed by atoms with Crippen LogP contribution in [0.15, 0.2) is 66.7 Å². The van der Waals surface area contributed by atoms with Crippen LogP contribution < -0.4 is 10.1 Å². The van der Waals surface area contributed by atoms with E-state index >= 15 is 0 Å². The fraction of sp³-hybridized carbons (Fsp3) is 0.111. The van der Waals surface area contributed by atoms with Gasteiger partial charge in [-0.25, -0.2) is 0 Å². The lowest BCUT2D eigenvalue weighted by atomic mass is 10.1. The van der Waals surface area contributed by atoms with E-state index < -0.39 is 0 Å². The van der Waals surface area contributed by atoms with Gasteiger partial charge >= 0.3 is 0 Å². The van der Waals surface area contributed by atoms with Crippen LogP contribution in [-0.4, -0.2) is 7.11 Å². The number of ether oxygens (including phenoxy) is 1. The predicted octanol–water partition coefficient (Wildman–Crippen LogP) is 4.46. The summed E-state index contributed by atoms with van der Waals surface area (Å²) < 4.78 is 5.15. The largest absolute Gasteiger partial charge is 0.497 e. The molecule has 0 aromatic heterocycles. The Hall–Kier alpha value is -2.48. The second-order valence-electron chi connectivity index (χ2n) is 4.76. The van der Waals surface area contributed by atoms with Gasteiger partial charge in [0, 0.05) is 12.2 Å². The lowest BCUT2D eigenvalue weighted by Gasteiger charge is -2.08. The topological polar surface area (TPSA) is 21.3 Å². The van der Waals surface area contributed by atoms with E-state index in [1.807, 2.05) is 24.3 Å². The Morgan fingerprint density at radius 3 is 2.35 bits per heavy atom. The molecular weight excluding hydrogens is 246 g/mol. The molecule has 1 N–H and O–H groups in total. The molecule has 0 bridgehead atoms. The molecular formula is C18H17NO. The minimum Gasteiger partial charge on any atom is -0.497 e. The molecule has 3 aromatic rings. The van der Waals surface area contributed by atoms with E-state index in [0.29, 0.717) is 0 Å². The highest BCUT2D eigenvalue weighted by molar-refractivity contribution is 5.83. The molecule has 0 saturated heterocycles. The molecule has 0 heterocycles. The van der Waals surface area contributed by atoms with Gasteiger partial charge in [-0.15, -0.1) is 0 Å². The average molecular weight is 263 g/mol. The van der Waals surface area contributed by atoms with Crippen molar-refractivity contribution in [3.8, 4) is 5.75 Å². The smallest absolute Gasteiger partial charge is 0.119 e. The summed E-state index contributed by atoms with van der Waals surface area (Å²) in [4.78, 5) is 0. The molecule has 20 heavy (non-hydrogen) atoms. The number of hydrogen-bond donors (Lipinski definition) is 1. The van der Waals surface area contributed by atoms with Gasteiger partial charge in [0.15, 0.2) is 0 Å². The van der Waals surface area contributed by atoms with Crippen molar-refractivity contribution < 1.29 is 4.74 Å². The SMILES string of the molecule is COc1ccc(NCc2ccc3ccccc3c2)cc1. The van der Waals surface area contributed by atoms with E-state index in [2.05, 4.69) is 47.8 Å². The van der Waals surface area contributed by atoms with E-state index in [4.69, 9.17) is 4.74 Å². The van der Waals surface area contributed by atoms with Gasteiger partial charge in [-0.2, -0.15) is 0 Å². The molecule has 0 amide bonds. The van der Waals surface area contributed by atoms with Crippen LogP contribution >= 0.6 is 0 Å². The van der Waals surface area contributed by atoms with Crippen LogP contribution in [-0.2, 0) is 6.54 Å². The zero-order chi connectivity index (χ0) is 13.8. The van der Waals surface area contributed by atoms with Crippen LogP contribution in [0, 0.1) is 0 Å². The first-order valence-electron chi connectivity index (χ1n) is 6.71. The minimum absolute atomic E-state index is 0.817. The molecule has 0 unspecified atom stereocenters. The quantitative estimate of drug-likeness (QED) is 0.750. The second-order valence-corrected chi connectivity index (χ2v) is 4.76. The van der Waals surface area contributed by atoms with Gasteiger partial charge in [0.1, 0.15) is 5.75 Å². The van der Waals surface area contributed by atoms with E-state index in [1.54, 1.807) is 7.11 Å². The summed E-state index contributed by atoms with van der Waals surface area (Å²) >= 11 is 0. The van der Waals surface area contributed by atoms with Gasteiger partial charge in [-0.3, -0.25) is 0 Å². The van der Waals surface area contributed by atoms with Crippen LogP contribution in [0.2, 0.25) is 0 Å². The first-order chi connectivity index (χ1) is 9.85. The zero-order valence-corrected chi connectivity index (χ0v) is 11.5. The van der Waals surface area contributed by atoms with Crippen LogP contribution in [0.5, 0.6) is 5.75 Å². The summed E-state index contributed by atoms with van der Waals surface area (Å²) in [5.74, 6) is 0.876. The third kappa shape index (κ3) is 2.75. The Morgan fingerprint density at radius 2 is 1.60 bits per heavy atom. The predicted molar refractivity (Wildman–Crippen MR) is 84.3 cm³/mol. The summed E-state index contributed by atoms with van der Waals surface area (Å²) in [6.07, 6.45) is 0. The van der Waals surface area contributed by atoms with Crippen molar-refractivity contribution in [2.45, 2.75) is 6.54 Å². The zero-order valence-electron chi connectivity index (χ0n) is 11.5. The molecule has 0 atom stereocenters. The Labute approximate surface area is 119 Å². The van der Waals surface area contributed by atoms with Crippen molar-refractivity contribution in [2.24, 2.45) is 0 Å². The Balaban J connectivity index is 1.72. The van der Waals surface area contributed by atoms with Gasteiger partial charge < -0.3 is 10.1 Å². The van der Waals surface area contributed by atoms with E-state index in [0.717, 1.165) is 18.0 Å². The van der Waals surface area contributed by atoms with E-state index in [1.165, 1.54) is 16.3 Å². The number of benzene rings is 3. The van der Waals surface area contributed by atoms with Crippen LogP contribution in [0.4, 0.5) is 5.69 Å². The fourth-order valence-corrected chi connectivity index (χ4v) is 2.26. The van der Waals surface area contributed by atoms with Crippen molar-refractivity contribution in [1.82, 2.24) is 0 Å². The van der Waals surface area contributed by atoms with E-state index in [9.17, 15) is 0 Å².